The van der Waals surface area contributed by atoms with Gasteiger partial charge in [-0.3, -0.25) is 4.79 Å². The molecule has 1 aliphatic heterocycles. The molecule has 0 saturated carbocycles. The molecule has 1 fully saturated rings. The summed E-state index contributed by atoms with van der Waals surface area (Å²) in [5, 5.41) is 8.63. The third kappa shape index (κ3) is 2.90. The fourth-order valence-electron chi connectivity index (χ4n) is 2.04. The van der Waals surface area contributed by atoms with E-state index in [9.17, 15) is 13.2 Å². The highest BCUT2D eigenvalue weighted by atomic mass is 32.2. The molecule has 0 bridgehead atoms. The Bertz CT molecular complexity index is 631. The molecule has 1 aromatic rings. The van der Waals surface area contributed by atoms with E-state index < -0.39 is 9.84 Å². The van der Waals surface area contributed by atoms with Crippen molar-refractivity contribution in [1.29, 1.82) is 5.26 Å². The summed E-state index contributed by atoms with van der Waals surface area (Å²) in [5.74, 6) is -0.140. The molecule has 2 rings (SSSR count). The molecule has 1 aliphatic rings. The average molecular weight is 279 g/mol. The molecule has 0 aromatic carbocycles. The lowest BCUT2D eigenvalue weighted by Gasteiger charge is -2.23. The Morgan fingerprint density at radius 2 is 2.26 bits per heavy atom. The summed E-state index contributed by atoms with van der Waals surface area (Å²) >= 11 is 0. The second-order valence-electron chi connectivity index (χ2n) is 4.52. The first-order valence-electron chi connectivity index (χ1n) is 5.77. The molecule has 1 saturated heterocycles. The zero-order valence-electron chi connectivity index (χ0n) is 10.4. The smallest absolute Gasteiger partial charge is 0.255 e. The first-order chi connectivity index (χ1) is 8.93. The quantitative estimate of drug-likeness (QED) is 0.772. The number of hydrogen-bond acceptors (Lipinski definition) is 5. The summed E-state index contributed by atoms with van der Waals surface area (Å²) in [4.78, 5) is 17.4. The second kappa shape index (κ2) is 4.97. The Balaban J connectivity index is 2.13. The lowest BCUT2D eigenvalue weighted by atomic mass is 10.2. The van der Waals surface area contributed by atoms with E-state index in [0.29, 0.717) is 12.0 Å². The van der Waals surface area contributed by atoms with Crippen LogP contribution in [0.15, 0.2) is 18.3 Å². The summed E-state index contributed by atoms with van der Waals surface area (Å²) in [6.45, 7) is 0. The number of pyridine rings is 1. The topological polar surface area (TPSA) is 91.1 Å². The first kappa shape index (κ1) is 13.5. The van der Waals surface area contributed by atoms with Crippen LogP contribution >= 0.6 is 0 Å². The zero-order chi connectivity index (χ0) is 14.0. The molecular weight excluding hydrogens is 266 g/mol. The normalized spacial score (nSPS) is 20.7. The summed E-state index contributed by atoms with van der Waals surface area (Å²) in [6, 6.07) is 4.58. The maximum atomic E-state index is 12.2. The number of nitriles is 1. The van der Waals surface area contributed by atoms with Gasteiger partial charge < -0.3 is 4.90 Å². The Morgan fingerprint density at radius 3 is 2.74 bits per heavy atom. The molecule has 0 radical (unpaired) electrons. The van der Waals surface area contributed by atoms with Gasteiger partial charge in [-0.25, -0.2) is 13.4 Å². The van der Waals surface area contributed by atoms with Gasteiger partial charge in [0.25, 0.3) is 5.91 Å². The van der Waals surface area contributed by atoms with Crippen LogP contribution in [0.3, 0.4) is 0 Å². The molecule has 1 amide bonds. The monoisotopic (exact) mass is 279 g/mol. The lowest BCUT2D eigenvalue weighted by molar-refractivity contribution is 0.0747. The van der Waals surface area contributed by atoms with Crippen molar-refractivity contribution in [3.63, 3.8) is 0 Å². The minimum atomic E-state index is -3.02. The SMILES string of the molecule is CN(C(=O)c1ccc(C#N)nc1)C1CCS(=O)(=O)C1. The van der Waals surface area contributed by atoms with Gasteiger partial charge in [-0.05, 0) is 18.6 Å². The van der Waals surface area contributed by atoms with Crippen molar-refractivity contribution in [3.05, 3.63) is 29.6 Å². The number of aromatic nitrogens is 1. The van der Waals surface area contributed by atoms with Crippen molar-refractivity contribution in [2.45, 2.75) is 12.5 Å². The number of rotatable bonds is 2. The van der Waals surface area contributed by atoms with Crippen molar-refractivity contribution < 1.29 is 13.2 Å². The third-order valence-electron chi connectivity index (χ3n) is 3.20. The largest absolute Gasteiger partial charge is 0.338 e. The Hall–Kier alpha value is -1.94. The number of carbonyl (C=O) groups excluding carboxylic acids is 1. The zero-order valence-corrected chi connectivity index (χ0v) is 11.2. The maximum Gasteiger partial charge on any atom is 0.255 e. The highest BCUT2D eigenvalue weighted by Crippen LogP contribution is 2.18. The van der Waals surface area contributed by atoms with E-state index in [1.807, 2.05) is 6.07 Å². The number of hydrogen-bond donors (Lipinski definition) is 0. The summed E-state index contributed by atoms with van der Waals surface area (Å²) in [7, 11) is -1.43. The van der Waals surface area contributed by atoms with Crippen LogP contribution in [-0.4, -0.2) is 48.8 Å². The molecule has 1 unspecified atom stereocenters. The van der Waals surface area contributed by atoms with Crippen LogP contribution in [0.5, 0.6) is 0 Å². The number of amides is 1. The third-order valence-corrected chi connectivity index (χ3v) is 4.95. The van der Waals surface area contributed by atoms with Gasteiger partial charge in [0.05, 0.1) is 17.1 Å². The van der Waals surface area contributed by atoms with E-state index in [0.717, 1.165) is 0 Å². The van der Waals surface area contributed by atoms with Gasteiger partial charge in [0.1, 0.15) is 11.8 Å². The number of sulfone groups is 1. The van der Waals surface area contributed by atoms with E-state index in [1.165, 1.54) is 23.2 Å². The van der Waals surface area contributed by atoms with Gasteiger partial charge in [-0.1, -0.05) is 0 Å². The second-order valence-corrected chi connectivity index (χ2v) is 6.75. The first-order valence-corrected chi connectivity index (χ1v) is 7.59. The molecule has 6 nitrogen and oxygen atoms in total. The molecular formula is C12H13N3O3S. The number of carbonyl (C=O) groups is 1. The van der Waals surface area contributed by atoms with E-state index in [1.54, 1.807) is 7.05 Å². The fraction of sp³-hybridized carbons (Fsp3) is 0.417. The molecule has 0 aliphatic carbocycles. The molecule has 0 spiro atoms. The van der Waals surface area contributed by atoms with Gasteiger partial charge in [0, 0.05) is 19.3 Å². The van der Waals surface area contributed by atoms with Crippen molar-refractivity contribution in [2.24, 2.45) is 0 Å². The highest BCUT2D eigenvalue weighted by molar-refractivity contribution is 7.91. The maximum absolute atomic E-state index is 12.2. The molecule has 1 aromatic heterocycles. The highest BCUT2D eigenvalue weighted by Gasteiger charge is 2.33. The summed E-state index contributed by atoms with van der Waals surface area (Å²) in [5.41, 5.74) is 0.591. The van der Waals surface area contributed by atoms with Crippen LogP contribution in [0.4, 0.5) is 0 Å². The Labute approximate surface area is 111 Å². The standard InChI is InChI=1S/C12H13N3O3S/c1-15(11-4-5-19(17,18)8-11)12(16)9-2-3-10(6-13)14-7-9/h2-3,7,11H,4-5,8H2,1H3. The lowest BCUT2D eigenvalue weighted by Crippen LogP contribution is -2.37. The minimum absolute atomic E-state index is 0.0128. The van der Waals surface area contributed by atoms with E-state index in [2.05, 4.69) is 4.98 Å². The van der Waals surface area contributed by atoms with Crippen molar-refractivity contribution in [3.8, 4) is 6.07 Å². The molecule has 100 valence electrons. The van der Waals surface area contributed by atoms with E-state index in [-0.39, 0.29) is 29.1 Å². The average Bonchev–Trinajstić information content (AvgIpc) is 2.77. The molecule has 0 N–H and O–H groups in total. The van der Waals surface area contributed by atoms with Crippen LogP contribution in [0.2, 0.25) is 0 Å². The predicted molar refractivity (Wildman–Crippen MR) is 68.1 cm³/mol. The van der Waals surface area contributed by atoms with Crippen LogP contribution in [0, 0.1) is 11.3 Å². The molecule has 7 heteroatoms. The summed E-state index contributed by atoms with van der Waals surface area (Å²) < 4.78 is 22.8. The van der Waals surface area contributed by atoms with Crippen molar-refractivity contribution >= 4 is 15.7 Å². The van der Waals surface area contributed by atoms with Gasteiger partial charge in [-0.2, -0.15) is 5.26 Å². The minimum Gasteiger partial charge on any atom is -0.338 e. The van der Waals surface area contributed by atoms with Crippen molar-refractivity contribution in [1.82, 2.24) is 9.88 Å². The van der Waals surface area contributed by atoms with Crippen molar-refractivity contribution in [2.75, 3.05) is 18.6 Å². The number of nitrogens with zero attached hydrogens (tertiary/aromatic N) is 3. The molecule has 19 heavy (non-hydrogen) atoms. The van der Waals surface area contributed by atoms with Gasteiger partial charge >= 0.3 is 0 Å². The van der Waals surface area contributed by atoms with Crippen LogP contribution in [0.25, 0.3) is 0 Å². The van der Waals surface area contributed by atoms with E-state index >= 15 is 0 Å². The summed E-state index contributed by atoms with van der Waals surface area (Å²) in [6.07, 6.45) is 1.80. The Morgan fingerprint density at radius 1 is 1.53 bits per heavy atom. The van der Waals surface area contributed by atoms with Gasteiger partial charge in [0.15, 0.2) is 9.84 Å². The predicted octanol–water partition coefficient (Wildman–Crippen LogP) is 0.212. The van der Waals surface area contributed by atoms with Crippen LogP contribution in [0.1, 0.15) is 22.5 Å². The van der Waals surface area contributed by atoms with Crippen LogP contribution in [-0.2, 0) is 9.84 Å². The van der Waals surface area contributed by atoms with Gasteiger partial charge in [-0.15, -0.1) is 0 Å². The van der Waals surface area contributed by atoms with E-state index in [4.69, 9.17) is 5.26 Å². The van der Waals surface area contributed by atoms with Gasteiger partial charge in [0.2, 0.25) is 0 Å². The fourth-order valence-corrected chi connectivity index (χ4v) is 3.81. The Kier molecular flexibility index (Phi) is 3.53. The molecule has 2 heterocycles. The molecule has 1 atom stereocenters. The van der Waals surface area contributed by atoms with Crippen LogP contribution < -0.4 is 0 Å².